The van der Waals surface area contributed by atoms with Crippen molar-refractivity contribution < 1.29 is 9.18 Å². The Balaban J connectivity index is 1.38. The molecule has 2 aliphatic rings. The van der Waals surface area contributed by atoms with Crippen LogP contribution < -0.4 is 15.1 Å². The van der Waals surface area contributed by atoms with E-state index in [9.17, 15) is 9.18 Å². The second-order valence-electron chi connectivity index (χ2n) is 7.31. The van der Waals surface area contributed by atoms with E-state index < -0.39 is 0 Å². The number of nitrogens with one attached hydrogen (secondary N) is 1. The largest absolute Gasteiger partial charge is 0.368 e. The van der Waals surface area contributed by atoms with Gasteiger partial charge in [-0.15, -0.1) is 0 Å². The van der Waals surface area contributed by atoms with Gasteiger partial charge in [0, 0.05) is 49.7 Å². The predicted molar refractivity (Wildman–Crippen MR) is 105 cm³/mol. The molecule has 0 atom stereocenters. The van der Waals surface area contributed by atoms with Gasteiger partial charge in [0.25, 0.3) is 5.91 Å². The summed E-state index contributed by atoms with van der Waals surface area (Å²) in [5, 5.41) is 3.13. The number of amides is 1. The van der Waals surface area contributed by atoms with Crippen molar-refractivity contribution in [1.29, 1.82) is 0 Å². The first-order valence-electron chi connectivity index (χ1n) is 9.71. The SMILES string of the molecule is O=C(NC1CCCC1)c1ccnc(N2CCN(c3ccc(F)cc3)CC2)c1. The fourth-order valence-electron chi connectivity index (χ4n) is 3.92. The van der Waals surface area contributed by atoms with Gasteiger partial charge in [0.15, 0.2) is 0 Å². The molecule has 0 bridgehead atoms. The summed E-state index contributed by atoms with van der Waals surface area (Å²) in [6.45, 7) is 3.31. The molecule has 1 saturated carbocycles. The third-order valence-electron chi connectivity index (χ3n) is 5.49. The van der Waals surface area contributed by atoms with Gasteiger partial charge in [-0.2, -0.15) is 0 Å². The van der Waals surface area contributed by atoms with Gasteiger partial charge in [-0.05, 0) is 49.2 Å². The van der Waals surface area contributed by atoms with E-state index in [0.29, 0.717) is 11.6 Å². The van der Waals surface area contributed by atoms with Gasteiger partial charge in [-0.25, -0.2) is 9.37 Å². The standard InChI is InChI=1S/C21H25FN4O/c22-17-5-7-19(8-6-17)25-11-13-26(14-12-25)20-15-16(9-10-23-20)21(27)24-18-3-1-2-4-18/h5-10,15,18H,1-4,11-14H2,(H,24,27). The van der Waals surface area contributed by atoms with Crippen LogP contribution in [0.25, 0.3) is 0 Å². The lowest BCUT2D eigenvalue weighted by atomic mass is 10.2. The molecule has 0 radical (unpaired) electrons. The van der Waals surface area contributed by atoms with Crippen molar-refractivity contribution in [2.24, 2.45) is 0 Å². The number of carbonyl (C=O) groups excluding carboxylic acids is 1. The summed E-state index contributed by atoms with van der Waals surface area (Å²) in [7, 11) is 0. The molecule has 0 spiro atoms. The van der Waals surface area contributed by atoms with Crippen LogP contribution in [0.1, 0.15) is 36.0 Å². The average molecular weight is 368 g/mol. The zero-order valence-corrected chi connectivity index (χ0v) is 15.4. The Morgan fingerprint density at radius 1 is 1.00 bits per heavy atom. The Morgan fingerprint density at radius 3 is 2.37 bits per heavy atom. The van der Waals surface area contributed by atoms with Gasteiger partial charge < -0.3 is 15.1 Å². The van der Waals surface area contributed by atoms with Crippen LogP contribution in [0, 0.1) is 5.82 Å². The molecule has 2 aromatic rings. The third kappa shape index (κ3) is 4.21. The highest BCUT2D eigenvalue weighted by Gasteiger charge is 2.21. The van der Waals surface area contributed by atoms with Crippen molar-refractivity contribution in [3.63, 3.8) is 0 Å². The van der Waals surface area contributed by atoms with Gasteiger partial charge >= 0.3 is 0 Å². The van der Waals surface area contributed by atoms with E-state index in [1.165, 1.54) is 25.0 Å². The van der Waals surface area contributed by atoms with E-state index in [0.717, 1.165) is 50.5 Å². The molecule has 5 nitrogen and oxygen atoms in total. The topological polar surface area (TPSA) is 48.5 Å². The minimum absolute atomic E-state index is 0.00417. The highest BCUT2D eigenvalue weighted by Crippen LogP contribution is 2.21. The highest BCUT2D eigenvalue weighted by molar-refractivity contribution is 5.95. The lowest BCUT2D eigenvalue weighted by molar-refractivity contribution is 0.0938. The first-order valence-corrected chi connectivity index (χ1v) is 9.71. The van der Waals surface area contributed by atoms with Crippen molar-refractivity contribution in [2.75, 3.05) is 36.0 Å². The van der Waals surface area contributed by atoms with E-state index in [1.54, 1.807) is 12.3 Å². The van der Waals surface area contributed by atoms with Crippen molar-refractivity contribution in [3.8, 4) is 0 Å². The van der Waals surface area contributed by atoms with Gasteiger partial charge in [0.05, 0.1) is 0 Å². The maximum atomic E-state index is 13.1. The molecule has 2 fully saturated rings. The molecule has 1 aliphatic heterocycles. The van der Waals surface area contributed by atoms with Crippen LogP contribution in [0.3, 0.4) is 0 Å². The second kappa shape index (κ2) is 7.94. The molecule has 4 rings (SSSR count). The number of piperazine rings is 1. The number of nitrogens with zero attached hydrogens (tertiary/aromatic N) is 3. The van der Waals surface area contributed by atoms with E-state index in [-0.39, 0.29) is 11.7 Å². The molecule has 0 unspecified atom stereocenters. The van der Waals surface area contributed by atoms with Crippen LogP contribution in [0.2, 0.25) is 0 Å². The minimum atomic E-state index is -0.214. The zero-order chi connectivity index (χ0) is 18.6. The molecule has 27 heavy (non-hydrogen) atoms. The van der Waals surface area contributed by atoms with Crippen molar-refractivity contribution in [3.05, 3.63) is 54.0 Å². The number of anilines is 2. The summed E-state index contributed by atoms with van der Waals surface area (Å²) in [5.41, 5.74) is 1.71. The fraction of sp³-hybridized carbons (Fsp3) is 0.429. The van der Waals surface area contributed by atoms with Crippen LogP contribution in [-0.2, 0) is 0 Å². The van der Waals surface area contributed by atoms with Gasteiger partial charge in [-0.3, -0.25) is 4.79 Å². The molecule has 2 heterocycles. The number of hydrogen-bond donors (Lipinski definition) is 1. The van der Waals surface area contributed by atoms with Crippen molar-refractivity contribution >= 4 is 17.4 Å². The highest BCUT2D eigenvalue weighted by atomic mass is 19.1. The molecule has 1 aromatic carbocycles. The third-order valence-corrected chi connectivity index (χ3v) is 5.49. The first kappa shape index (κ1) is 17.8. The first-order chi connectivity index (χ1) is 13.2. The van der Waals surface area contributed by atoms with Crippen LogP contribution in [-0.4, -0.2) is 43.1 Å². The number of hydrogen-bond acceptors (Lipinski definition) is 4. The Labute approximate surface area is 159 Å². The molecule has 1 aromatic heterocycles. The van der Waals surface area contributed by atoms with Gasteiger partial charge in [0.2, 0.25) is 0 Å². The number of aromatic nitrogens is 1. The number of rotatable bonds is 4. The summed E-state index contributed by atoms with van der Waals surface area (Å²) in [6, 6.07) is 10.6. The zero-order valence-electron chi connectivity index (χ0n) is 15.4. The Kier molecular flexibility index (Phi) is 5.23. The number of pyridine rings is 1. The fourth-order valence-corrected chi connectivity index (χ4v) is 3.92. The quantitative estimate of drug-likeness (QED) is 0.900. The Morgan fingerprint density at radius 2 is 1.67 bits per heavy atom. The summed E-state index contributed by atoms with van der Waals surface area (Å²) >= 11 is 0. The molecule has 6 heteroatoms. The maximum absolute atomic E-state index is 13.1. The summed E-state index contributed by atoms with van der Waals surface area (Å²) < 4.78 is 13.1. The number of carbonyl (C=O) groups is 1. The number of benzene rings is 1. The van der Waals surface area contributed by atoms with Crippen LogP contribution in [0.4, 0.5) is 15.9 Å². The summed E-state index contributed by atoms with van der Waals surface area (Å²) in [6.07, 6.45) is 6.27. The van der Waals surface area contributed by atoms with Crippen LogP contribution in [0.15, 0.2) is 42.6 Å². The normalized spacial score (nSPS) is 18.0. The average Bonchev–Trinajstić information content (AvgIpc) is 3.22. The molecule has 1 amide bonds. The smallest absolute Gasteiger partial charge is 0.251 e. The summed E-state index contributed by atoms with van der Waals surface area (Å²) in [4.78, 5) is 21.4. The molecular weight excluding hydrogens is 343 g/mol. The lowest BCUT2D eigenvalue weighted by Crippen LogP contribution is -2.47. The molecule has 142 valence electrons. The molecular formula is C21H25FN4O. The van der Waals surface area contributed by atoms with E-state index >= 15 is 0 Å². The monoisotopic (exact) mass is 368 g/mol. The van der Waals surface area contributed by atoms with E-state index in [4.69, 9.17) is 0 Å². The maximum Gasteiger partial charge on any atom is 0.251 e. The van der Waals surface area contributed by atoms with E-state index in [2.05, 4.69) is 20.1 Å². The van der Waals surface area contributed by atoms with Crippen molar-refractivity contribution in [2.45, 2.75) is 31.7 Å². The predicted octanol–water partition coefficient (Wildman–Crippen LogP) is 3.22. The van der Waals surface area contributed by atoms with Crippen molar-refractivity contribution in [1.82, 2.24) is 10.3 Å². The van der Waals surface area contributed by atoms with E-state index in [1.807, 2.05) is 18.2 Å². The second-order valence-corrected chi connectivity index (χ2v) is 7.31. The molecule has 1 N–H and O–H groups in total. The minimum Gasteiger partial charge on any atom is -0.368 e. The summed E-state index contributed by atoms with van der Waals surface area (Å²) in [5.74, 6) is 0.623. The molecule has 1 saturated heterocycles. The molecule has 1 aliphatic carbocycles. The van der Waals surface area contributed by atoms with Crippen LogP contribution in [0.5, 0.6) is 0 Å². The Hall–Kier alpha value is -2.63. The lowest BCUT2D eigenvalue weighted by Gasteiger charge is -2.36. The number of halogens is 1. The Bertz CT molecular complexity index is 781. The van der Waals surface area contributed by atoms with Gasteiger partial charge in [-0.1, -0.05) is 12.8 Å². The van der Waals surface area contributed by atoms with Crippen LogP contribution >= 0.6 is 0 Å². The van der Waals surface area contributed by atoms with Gasteiger partial charge in [0.1, 0.15) is 11.6 Å².